The average molecular weight is 374 g/mol. The summed E-state index contributed by atoms with van der Waals surface area (Å²) in [5, 5.41) is 0.247. The fourth-order valence-corrected chi connectivity index (χ4v) is 5.66. The van der Waals surface area contributed by atoms with Crippen LogP contribution in [0.3, 0.4) is 0 Å². The molecule has 0 amide bonds. The van der Waals surface area contributed by atoms with Crippen molar-refractivity contribution in [3.63, 3.8) is 0 Å². The molecule has 1 atom stereocenters. The minimum atomic E-state index is -0.927. The Morgan fingerprint density at radius 1 is 1.04 bits per heavy atom. The second-order valence-corrected chi connectivity index (χ2v) is 9.11. The Morgan fingerprint density at radius 2 is 1.62 bits per heavy atom. The first-order chi connectivity index (χ1) is 12.4. The lowest BCUT2D eigenvalue weighted by atomic mass is 10.1. The Hall–Kier alpha value is -1.52. The molecule has 3 rings (SSSR count). The van der Waals surface area contributed by atoms with Crippen LogP contribution in [0.2, 0.25) is 0 Å². The molecule has 2 aromatic carbocycles. The fraction of sp³-hybridized carbons (Fsp3) is 0.455. The first-order valence-corrected chi connectivity index (χ1v) is 10.6. The summed E-state index contributed by atoms with van der Waals surface area (Å²) in [7, 11) is -0.927. The van der Waals surface area contributed by atoms with E-state index in [0.29, 0.717) is 0 Å². The molecule has 4 heteroatoms. The molecular formula is C22H28FNOS. The number of likely N-dealkylation sites (tertiary alicyclic amines) is 1. The van der Waals surface area contributed by atoms with Crippen LogP contribution < -0.4 is 0 Å². The van der Waals surface area contributed by atoms with Crippen molar-refractivity contribution in [2.75, 3.05) is 19.6 Å². The van der Waals surface area contributed by atoms with Crippen molar-refractivity contribution in [1.29, 1.82) is 0 Å². The normalized spacial score (nSPS) is 17.4. The first kappa shape index (κ1) is 19.2. The summed E-state index contributed by atoms with van der Waals surface area (Å²) >= 11 is 0. The maximum atomic E-state index is 13.1. The molecule has 2 nitrogen and oxygen atoms in total. The highest BCUT2D eigenvalue weighted by molar-refractivity contribution is 7.85. The number of benzene rings is 2. The molecular weight excluding hydrogens is 345 g/mol. The molecule has 0 aromatic heterocycles. The van der Waals surface area contributed by atoms with E-state index in [9.17, 15) is 8.60 Å². The molecule has 1 saturated heterocycles. The highest BCUT2D eigenvalue weighted by Crippen LogP contribution is 2.27. The number of hydrogen-bond donors (Lipinski definition) is 0. The summed E-state index contributed by atoms with van der Waals surface area (Å²) in [4.78, 5) is 3.48. The van der Waals surface area contributed by atoms with Crippen molar-refractivity contribution in [2.24, 2.45) is 0 Å². The lowest BCUT2D eigenvalue weighted by Gasteiger charge is -2.32. The van der Waals surface area contributed by atoms with Crippen LogP contribution >= 0.6 is 0 Å². The molecule has 1 unspecified atom stereocenters. The summed E-state index contributed by atoms with van der Waals surface area (Å²) in [5.74, 6) is -0.182. The monoisotopic (exact) mass is 373 g/mol. The third kappa shape index (κ3) is 4.60. The predicted octanol–water partition coefficient (Wildman–Crippen LogP) is 4.57. The average Bonchev–Trinajstić information content (AvgIpc) is 2.61. The maximum Gasteiger partial charge on any atom is 0.123 e. The molecule has 0 radical (unpaired) electrons. The standard InChI is InChI=1S/C22H28FNOS/c1-16-14-17(2)22(18(3)15-16)26(25)21-9-12-24(13-10-21)11-8-19-4-6-20(23)7-5-19/h4-7,14-15,21H,8-13H2,1-3H3. The molecule has 1 fully saturated rings. The van der Waals surface area contributed by atoms with Crippen LogP contribution in [0.25, 0.3) is 0 Å². The second-order valence-electron chi connectivity index (χ2n) is 7.44. The molecule has 2 aromatic rings. The third-order valence-electron chi connectivity index (χ3n) is 5.27. The SMILES string of the molecule is Cc1cc(C)c(S(=O)C2CCN(CCc3ccc(F)cc3)CC2)c(C)c1. The minimum Gasteiger partial charge on any atom is -0.303 e. The smallest absolute Gasteiger partial charge is 0.123 e. The minimum absolute atomic E-state index is 0.182. The highest BCUT2D eigenvalue weighted by atomic mass is 32.2. The number of rotatable bonds is 5. The van der Waals surface area contributed by atoms with Gasteiger partial charge in [-0.2, -0.15) is 0 Å². The zero-order valence-corrected chi connectivity index (χ0v) is 16.7. The summed E-state index contributed by atoms with van der Waals surface area (Å²) < 4.78 is 26.1. The largest absolute Gasteiger partial charge is 0.303 e. The summed E-state index contributed by atoms with van der Waals surface area (Å²) in [6.07, 6.45) is 2.88. The number of nitrogens with zero attached hydrogens (tertiary/aromatic N) is 1. The lowest BCUT2D eigenvalue weighted by molar-refractivity contribution is 0.234. The van der Waals surface area contributed by atoms with Crippen molar-refractivity contribution >= 4 is 10.8 Å². The highest BCUT2D eigenvalue weighted by Gasteiger charge is 2.26. The van der Waals surface area contributed by atoms with E-state index in [4.69, 9.17) is 0 Å². The van der Waals surface area contributed by atoms with Crippen LogP contribution in [-0.2, 0) is 17.2 Å². The van der Waals surface area contributed by atoms with Crippen molar-refractivity contribution in [3.05, 3.63) is 64.5 Å². The van der Waals surface area contributed by atoms with Gasteiger partial charge in [0, 0.05) is 16.7 Å². The van der Waals surface area contributed by atoms with Gasteiger partial charge >= 0.3 is 0 Å². The number of piperidine rings is 1. The van der Waals surface area contributed by atoms with Gasteiger partial charge in [-0.3, -0.25) is 4.21 Å². The van der Waals surface area contributed by atoms with Gasteiger partial charge in [0.15, 0.2) is 0 Å². The van der Waals surface area contributed by atoms with Gasteiger partial charge in [-0.15, -0.1) is 0 Å². The number of aryl methyl sites for hydroxylation is 3. The Balaban J connectivity index is 1.55. The van der Waals surface area contributed by atoms with Gasteiger partial charge in [-0.25, -0.2) is 4.39 Å². The molecule has 1 aliphatic heterocycles. The molecule has 0 bridgehead atoms. The van der Waals surface area contributed by atoms with Crippen molar-refractivity contribution in [3.8, 4) is 0 Å². The zero-order valence-electron chi connectivity index (χ0n) is 15.9. The van der Waals surface area contributed by atoms with E-state index in [1.165, 1.54) is 23.3 Å². The molecule has 0 saturated carbocycles. The van der Waals surface area contributed by atoms with Crippen molar-refractivity contribution < 1.29 is 8.60 Å². The predicted molar refractivity (Wildman–Crippen MR) is 107 cm³/mol. The van der Waals surface area contributed by atoms with Gasteiger partial charge in [0.25, 0.3) is 0 Å². The molecule has 0 spiro atoms. The van der Waals surface area contributed by atoms with Crippen molar-refractivity contribution in [2.45, 2.75) is 50.2 Å². The maximum absolute atomic E-state index is 13.1. The molecule has 1 aliphatic rings. The van der Waals surface area contributed by atoms with Crippen LogP contribution in [0, 0.1) is 26.6 Å². The molecule has 1 heterocycles. The van der Waals surface area contributed by atoms with Crippen LogP contribution in [0.5, 0.6) is 0 Å². The summed E-state index contributed by atoms with van der Waals surface area (Å²) in [6.45, 7) is 9.19. The molecule has 26 heavy (non-hydrogen) atoms. The van der Waals surface area contributed by atoms with Gasteiger partial charge in [0.1, 0.15) is 5.82 Å². The Kier molecular flexibility index (Phi) is 6.25. The summed E-state index contributed by atoms with van der Waals surface area (Å²) in [5.41, 5.74) is 4.71. The van der Waals surface area contributed by atoms with Gasteiger partial charge in [-0.1, -0.05) is 29.8 Å². The summed E-state index contributed by atoms with van der Waals surface area (Å²) in [6, 6.07) is 11.0. The van der Waals surface area contributed by atoms with Gasteiger partial charge < -0.3 is 4.90 Å². The van der Waals surface area contributed by atoms with Gasteiger partial charge in [0.05, 0.1) is 10.8 Å². The topological polar surface area (TPSA) is 20.3 Å². The zero-order chi connectivity index (χ0) is 18.7. The number of halogens is 1. The third-order valence-corrected chi connectivity index (χ3v) is 7.40. The molecule has 0 aliphatic carbocycles. The Morgan fingerprint density at radius 3 is 2.19 bits per heavy atom. The van der Waals surface area contributed by atoms with Crippen LogP contribution in [0.1, 0.15) is 35.1 Å². The molecule has 140 valence electrons. The first-order valence-electron chi connectivity index (χ1n) is 9.39. The van der Waals surface area contributed by atoms with Crippen LogP contribution in [0.4, 0.5) is 4.39 Å². The van der Waals surface area contributed by atoms with E-state index in [1.54, 1.807) is 0 Å². The van der Waals surface area contributed by atoms with E-state index in [0.717, 1.165) is 54.9 Å². The van der Waals surface area contributed by atoms with E-state index in [2.05, 4.69) is 37.8 Å². The fourth-order valence-electron chi connectivity index (χ4n) is 3.94. The Bertz CT molecular complexity index is 756. The lowest BCUT2D eigenvalue weighted by Crippen LogP contribution is -2.38. The Labute approximate surface area is 158 Å². The van der Waals surface area contributed by atoms with Crippen LogP contribution in [-0.4, -0.2) is 34.0 Å². The van der Waals surface area contributed by atoms with E-state index >= 15 is 0 Å². The van der Waals surface area contributed by atoms with Gasteiger partial charge in [-0.05, 0) is 81.9 Å². The van der Waals surface area contributed by atoms with E-state index in [1.807, 2.05) is 12.1 Å². The van der Waals surface area contributed by atoms with Crippen LogP contribution in [0.15, 0.2) is 41.3 Å². The van der Waals surface area contributed by atoms with Gasteiger partial charge in [0.2, 0.25) is 0 Å². The second kappa shape index (κ2) is 8.45. The van der Waals surface area contributed by atoms with E-state index in [-0.39, 0.29) is 11.1 Å². The number of hydrogen-bond acceptors (Lipinski definition) is 2. The molecule has 0 N–H and O–H groups in total. The van der Waals surface area contributed by atoms with E-state index < -0.39 is 10.8 Å². The quantitative estimate of drug-likeness (QED) is 0.765. The van der Waals surface area contributed by atoms with Crippen molar-refractivity contribution in [1.82, 2.24) is 4.90 Å².